The average molecular weight is 850 g/mol. The van der Waals surface area contributed by atoms with Crippen LogP contribution in [0.5, 0.6) is 0 Å². The van der Waals surface area contributed by atoms with Crippen LogP contribution in [0.15, 0.2) is 200 Å². The first-order chi connectivity index (χ1) is 32.2. The molecule has 2 heteroatoms. The maximum Gasteiger partial charge on any atom is 0.0719 e. The Hall–Kier alpha value is -6.74. The van der Waals surface area contributed by atoms with Gasteiger partial charge < -0.3 is 4.90 Å². The molecule has 1 nitrogen and oxygen atoms in total. The van der Waals surface area contributed by atoms with Crippen LogP contribution in [0.2, 0.25) is 0 Å². The van der Waals surface area contributed by atoms with Gasteiger partial charge in [0, 0.05) is 42.3 Å². The molecule has 2 spiro atoms. The molecule has 0 saturated heterocycles. The van der Waals surface area contributed by atoms with Crippen LogP contribution >= 0.6 is 11.3 Å². The number of anilines is 3. The maximum absolute atomic E-state index is 2.71. The molecule has 65 heavy (non-hydrogen) atoms. The van der Waals surface area contributed by atoms with E-state index >= 15 is 0 Å². The van der Waals surface area contributed by atoms with E-state index in [2.05, 4.69) is 205 Å². The summed E-state index contributed by atoms with van der Waals surface area (Å²) in [6.45, 7) is 0. The van der Waals surface area contributed by atoms with Crippen LogP contribution in [-0.2, 0) is 10.8 Å². The molecule has 0 amide bonds. The molecule has 4 fully saturated rings. The van der Waals surface area contributed by atoms with Crippen molar-refractivity contribution in [2.45, 2.75) is 42.9 Å². The predicted molar refractivity (Wildman–Crippen MR) is 272 cm³/mol. The van der Waals surface area contributed by atoms with E-state index in [1.165, 1.54) is 125 Å². The minimum atomic E-state index is -0.404. The fourth-order valence-corrected chi connectivity index (χ4v) is 16.1. The van der Waals surface area contributed by atoms with Crippen LogP contribution < -0.4 is 4.90 Å². The number of hydrogen-bond donors (Lipinski definition) is 0. The molecule has 16 rings (SSSR count). The standard InChI is InChI=1S/C63H47NS/c1-2-14-48-42(12-1)13-11-22-59(48)64(46-27-24-41(25-28-46)43-26-30-52-51-17-5-10-23-60(51)65-61(52)37-43)47-29-31-57-58(38-47)62(44-33-39-32-40(35-44)36-45(62)34-39)55-20-8-9-21-56(55)63(57)53-18-6-3-15-49(53)50-16-4-7-19-54(50)63/h1-31,37-40,44-45H,32-36H2. The first kappa shape index (κ1) is 36.6. The van der Waals surface area contributed by atoms with Gasteiger partial charge in [-0.2, -0.15) is 0 Å². The highest BCUT2D eigenvalue weighted by molar-refractivity contribution is 7.25. The van der Waals surface area contributed by atoms with Crippen molar-refractivity contribution in [2.75, 3.05) is 4.90 Å². The van der Waals surface area contributed by atoms with Crippen molar-refractivity contribution in [1.82, 2.24) is 0 Å². The molecule has 0 N–H and O–H groups in total. The molecular formula is C63H47NS. The Bertz CT molecular complexity index is 3510. The number of benzene rings is 9. The average Bonchev–Trinajstić information content (AvgIpc) is 3.88. The van der Waals surface area contributed by atoms with E-state index in [-0.39, 0.29) is 5.41 Å². The van der Waals surface area contributed by atoms with E-state index < -0.39 is 5.41 Å². The zero-order valence-corrected chi connectivity index (χ0v) is 37.1. The Morgan fingerprint density at radius 1 is 0.385 bits per heavy atom. The number of thiophene rings is 1. The molecule has 0 aliphatic heterocycles. The van der Waals surface area contributed by atoms with Gasteiger partial charge in [-0.3, -0.25) is 0 Å². The quantitative estimate of drug-likeness (QED) is 0.171. The minimum absolute atomic E-state index is 0.0490. The van der Waals surface area contributed by atoms with Crippen LogP contribution in [0, 0.1) is 23.7 Å². The van der Waals surface area contributed by atoms with Gasteiger partial charge >= 0.3 is 0 Å². The number of rotatable bonds is 4. The summed E-state index contributed by atoms with van der Waals surface area (Å²) in [6.07, 6.45) is 6.80. The Morgan fingerprint density at radius 2 is 0.954 bits per heavy atom. The van der Waals surface area contributed by atoms with Crippen molar-refractivity contribution in [1.29, 1.82) is 0 Å². The summed E-state index contributed by atoms with van der Waals surface area (Å²) < 4.78 is 2.68. The summed E-state index contributed by atoms with van der Waals surface area (Å²) in [6, 6.07) is 77.3. The number of nitrogens with zero attached hydrogens (tertiary/aromatic N) is 1. The van der Waals surface area contributed by atoms with Crippen LogP contribution in [0.4, 0.5) is 17.1 Å². The SMILES string of the molecule is c1ccc2c(c1)-c1ccccc1C21c2ccccc2C2(c3cc(N(c4ccc(-c5ccc6c(c5)sc5ccccc56)cc4)c4cccc5ccccc45)ccc31)C1CC3CC(C1)CC2C3. The van der Waals surface area contributed by atoms with E-state index in [0.29, 0.717) is 11.8 Å². The van der Waals surface area contributed by atoms with Crippen LogP contribution in [0.1, 0.15) is 65.5 Å². The van der Waals surface area contributed by atoms with E-state index in [1.54, 1.807) is 11.1 Å². The molecule has 310 valence electrons. The molecule has 10 aromatic rings. The van der Waals surface area contributed by atoms with Gasteiger partial charge in [-0.15, -0.1) is 11.3 Å². The lowest BCUT2D eigenvalue weighted by atomic mass is 9.38. The second-order valence-electron chi connectivity index (χ2n) is 20.0. The Kier molecular flexibility index (Phi) is 7.55. The van der Waals surface area contributed by atoms with E-state index in [1.807, 2.05) is 11.3 Å². The smallest absolute Gasteiger partial charge is 0.0719 e. The molecule has 9 aromatic carbocycles. The molecular weight excluding hydrogens is 803 g/mol. The second-order valence-corrected chi connectivity index (χ2v) is 21.1. The van der Waals surface area contributed by atoms with Gasteiger partial charge in [-0.05, 0) is 159 Å². The molecule has 1 aromatic heterocycles. The highest BCUT2D eigenvalue weighted by atomic mass is 32.1. The van der Waals surface area contributed by atoms with E-state index in [4.69, 9.17) is 0 Å². The Labute approximate surface area is 384 Å². The van der Waals surface area contributed by atoms with Crippen molar-refractivity contribution in [3.8, 4) is 22.3 Å². The van der Waals surface area contributed by atoms with Crippen LogP contribution in [0.3, 0.4) is 0 Å². The topological polar surface area (TPSA) is 3.24 Å². The molecule has 0 radical (unpaired) electrons. The Morgan fingerprint density at radius 3 is 1.71 bits per heavy atom. The van der Waals surface area contributed by atoms with Crippen LogP contribution in [-0.4, -0.2) is 0 Å². The number of hydrogen-bond acceptors (Lipinski definition) is 2. The van der Waals surface area contributed by atoms with Crippen molar-refractivity contribution >= 4 is 59.3 Å². The summed E-state index contributed by atoms with van der Waals surface area (Å²) in [4.78, 5) is 2.58. The summed E-state index contributed by atoms with van der Waals surface area (Å²) in [5, 5.41) is 5.20. The van der Waals surface area contributed by atoms with Gasteiger partial charge in [0.1, 0.15) is 0 Å². The lowest BCUT2D eigenvalue weighted by Crippen LogP contribution is -2.59. The third kappa shape index (κ3) is 4.83. The van der Waals surface area contributed by atoms with E-state index in [0.717, 1.165) is 11.8 Å². The second kappa shape index (κ2) is 13.4. The summed E-state index contributed by atoms with van der Waals surface area (Å²) >= 11 is 1.89. The monoisotopic (exact) mass is 849 g/mol. The van der Waals surface area contributed by atoms with E-state index in [9.17, 15) is 0 Å². The lowest BCUT2D eigenvalue weighted by Gasteiger charge is -2.65. The lowest BCUT2D eigenvalue weighted by molar-refractivity contribution is -0.0440. The zero-order chi connectivity index (χ0) is 42.4. The predicted octanol–water partition coefficient (Wildman–Crippen LogP) is 16.8. The van der Waals surface area contributed by atoms with Gasteiger partial charge in [0.25, 0.3) is 0 Å². The highest BCUT2D eigenvalue weighted by Crippen LogP contribution is 2.71. The molecule has 0 atom stereocenters. The van der Waals surface area contributed by atoms with Crippen molar-refractivity contribution < 1.29 is 0 Å². The van der Waals surface area contributed by atoms with Crippen molar-refractivity contribution in [2.24, 2.45) is 23.7 Å². The van der Waals surface area contributed by atoms with Crippen molar-refractivity contribution in [3.05, 3.63) is 234 Å². The summed E-state index contributed by atoms with van der Waals surface area (Å²) in [5.41, 5.74) is 17.5. The van der Waals surface area contributed by atoms with Gasteiger partial charge in [-0.1, -0.05) is 158 Å². The first-order valence-corrected chi connectivity index (χ1v) is 24.7. The molecule has 6 aliphatic rings. The van der Waals surface area contributed by atoms with Crippen LogP contribution in [0.25, 0.3) is 53.2 Å². The first-order valence-electron chi connectivity index (χ1n) is 23.9. The third-order valence-corrected chi connectivity index (χ3v) is 18.2. The highest BCUT2D eigenvalue weighted by Gasteiger charge is 2.64. The third-order valence-electron chi connectivity index (χ3n) is 17.1. The van der Waals surface area contributed by atoms with Gasteiger partial charge in [0.2, 0.25) is 0 Å². The fourth-order valence-electron chi connectivity index (χ4n) is 15.0. The molecule has 1 heterocycles. The normalized spacial score (nSPS) is 22.6. The molecule has 4 bridgehead atoms. The van der Waals surface area contributed by atoms with Gasteiger partial charge in [-0.25, -0.2) is 0 Å². The fraction of sp³-hybridized carbons (Fsp3) is 0.175. The van der Waals surface area contributed by atoms with Gasteiger partial charge in [0.05, 0.1) is 11.1 Å². The molecule has 0 unspecified atom stereocenters. The minimum Gasteiger partial charge on any atom is -0.310 e. The zero-order valence-electron chi connectivity index (χ0n) is 36.3. The molecule has 4 saturated carbocycles. The molecule has 6 aliphatic carbocycles. The summed E-state index contributed by atoms with van der Waals surface area (Å²) in [5.74, 6) is 2.97. The Balaban J connectivity index is 0.978. The number of fused-ring (bicyclic) bond motifs is 13. The van der Waals surface area contributed by atoms with Crippen molar-refractivity contribution in [3.63, 3.8) is 0 Å². The maximum atomic E-state index is 2.71. The van der Waals surface area contributed by atoms with Gasteiger partial charge in [0.15, 0.2) is 0 Å². The largest absolute Gasteiger partial charge is 0.310 e. The summed E-state index contributed by atoms with van der Waals surface area (Å²) in [7, 11) is 0.